The monoisotopic (exact) mass is 330 g/mol. The minimum Gasteiger partial charge on any atom is -0.465 e. The zero-order valence-electron chi connectivity index (χ0n) is 13.9. The molecule has 0 aromatic carbocycles. The van der Waals surface area contributed by atoms with Crippen molar-refractivity contribution in [3.63, 3.8) is 0 Å². The molecular formula is C17H18N2O5. The molecule has 0 bridgehead atoms. The third kappa shape index (κ3) is 3.34. The summed E-state index contributed by atoms with van der Waals surface area (Å²) in [4.78, 5) is 43.0. The number of aromatic nitrogens is 2. The van der Waals surface area contributed by atoms with Gasteiger partial charge in [-0.25, -0.2) is 9.59 Å². The fourth-order valence-electron chi connectivity index (χ4n) is 2.37. The Morgan fingerprint density at radius 2 is 1.92 bits per heavy atom. The van der Waals surface area contributed by atoms with Gasteiger partial charge in [0.1, 0.15) is 0 Å². The van der Waals surface area contributed by atoms with Gasteiger partial charge in [0.25, 0.3) is 0 Å². The number of pyridine rings is 1. The topological polar surface area (TPSA) is 98.4 Å². The number of esters is 2. The summed E-state index contributed by atoms with van der Waals surface area (Å²) < 4.78 is 9.89. The molecule has 2 aromatic heterocycles. The van der Waals surface area contributed by atoms with E-state index in [2.05, 4.69) is 9.97 Å². The van der Waals surface area contributed by atoms with Gasteiger partial charge in [0.05, 0.1) is 23.9 Å². The minimum atomic E-state index is -1.01. The first-order valence-electron chi connectivity index (χ1n) is 7.29. The van der Waals surface area contributed by atoms with Crippen LogP contribution in [0.1, 0.15) is 49.4 Å². The number of ketones is 1. The van der Waals surface area contributed by atoms with Gasteiger partial charge in [-0.3, -0.25) is 9.78 Å². The molecule has 1 N–H and O–H groups in total. The Morgan fingerprint density at radius 3 is 2.50 bits per heavy atom. The molecule has 0 radical (unpaired) electrons. The predicted molar refractivity (Wildman–Crippen MR) is 85.1 cm³/mol. The van der Waals surface area contributed by atoms with Crippen molar-refractivity contribution in [1.29, 1.82) is 0 Å². The third-order valence-corrected chi connectivity index (χ3v) is 3.62. The molecule has 2 aromatic rings. The second kappa shape index (κ2) is 7.08. The van der Waals surface area contributed by atoms with Gasteiger partial charge in [-0.05, 0) is 38.5 Å². The maximum Gasteiger partial charge on any atom is 0.340 e. The molecule has 0 aliphatic carbocycles. The first-order chi connectivity index (χ1) is 11.4. The van der Waals surface area contributed by atoms with Crippen molar-refractivity contribution in [2.24, 2.45) is 0 Å². The first kappa shape index (κ1) is 17.4. The molecule has 0 aliphatic heterocycles. The Hall–Kier alpha value is -2.96. The quantitative estimate of drug-likeness (QED) is 0.667. The SMILES string of the molecule is COC(=O)c1c(C)[nH]c(C(=O)C(C)OC(=O)c2cccnc2)c1C. The summed E-state index contributed by atoms with van der Waals surface area (Å²) in [6.45, 7) is 4.78. The van der Waals surface area contributed by atoms with E-state index in [-0.39, 0.29) is 11.3 Å². The smallest absolute Gasteiger partial charge is 0.340 e. The number of H-pyrrole nitrogens is 1. The average Bonchev–Trinajstić information content (AvgIpc) is 2.88. The van der Waals surface area contributed by atoms with E-state index in [1.165, 1.54) is 26.4 Å². The summed E-state index contributed by atoms with van der Waals surface area (Å²) in [5.74, 6) is -1.60. The lowest BCUT2D eigenvalue weighted by atomic mass is 10.1. The molecule has 0 aliphatic rings. The van der Waals surface area contributed by atoms with Crippen LogP contribution in [0.4, 0.5) is 0 Å². The Labute approximate surface area is 139 Å². The number of hydrogen-bond acceptors (Lipinski definition) is 6. The van der Waals surface area contributed by atoms with E-state index in [1.807, 2.05) is 0 Å². The van der Waals surface area contributed by atoms with Crippen molar-refractivity contribution in [3.05, 3.63) is 52.6 Å². The molecule has 24 heavy (non-hydrogen) atoms. The normalized spacial score (nSPS) is 11.7. The van der Waals surface area contributed by atoms with Crippen LogP contribution in [-0.4, -0.2) is 40.9 Å². The second-order valence-electron chi connectivity index (χ2n) is 5.27. The molecule has 7 heteroatoms. The molecule has 0 saturated carbocycles. The molecule has 0 fully saturated rings. The van der Waals surface area contributed by atoms with Gasteiger partial charge < -0.3 is 14.5 Å². The van der Waals surface area contributed by atoms with Crippen molar-refractivity contribution >= 4 is 17.7 Å². The number of aromatic amines is 1. The number of nitrogens with one attached hydrogen (secondary N) is 1. The third-order valence-electron chi connectivity index (χ3n) is 3.62. The van der Waals surface area contributed by atoms with E-state index in [0.717, 1.165) is 0 Å². The maximum absolute atomic E-state index is 12.5. The lowest BCUT2D eigenvalue weighted by Crippen LogP contribution is -2.25. The molecule has 0 spiro atoms. The van der Waals surface area contributed by atoms with Crippen LogP contribution in [0.2, 0.25) is 0 Å². The van der Waals surface area contributed by atoms with Crippen molar-refractivity contribution < 1.29 is 23.9 Å². The zero-order valence-corrected chi connectivity index (χ0v) is 13.9. The highest BCUT2D eigenvalue weighted by molar-refractivity contribution is 6.04. The number of methoxy groups -OCH3 is 1. The van der Waals surface area contributed by atoms with Crippen LogP contribution in [0.15, 0.2) is 24.5 Å². The van der Waals surface area contributed by atoms with Crippen molar-refractivity contribution in [2.75, 3.05) is 7.11 Å². The lowest BCUT2D eigenvalue weighted by Gasteiger charge is -2.12. The number of Topliss-reactive ketones (excluding diaryl/α,β-unsaturated/α-hetero) is 1. The molecular weight excluding hydrogens is 312 g/mol. The number of ether oxygens (including phenoxy) is 2. The fourth-order valence-corrected chi connectivity index (χ4v) is 2.37. The zero-order chi connectivity index (χ0) is 17.9. The van der Waals surface area contributed by atoms with Gasteiger partial charge in [0.15, 0.2) is 6.10 Å². The van der Waals surface area contributed by atoms with Gasteiger partial charge in [-0.1, -0.05) is 0 Å². The highest BCUT2D eigenvalue weighted by Crippen LogP contribution is 2.21. The van der Waals surface area contributed by atoms with E-state index in [4.69, 9.17) is 9.47 Å². The molecule has 2 rings (SSSR count). The van der Waals surface area contributed by atoms with E-state index < -0.39 is 23.8 Å². The first-order valence-corrected chi connectivity index (χ1v) is 7.29. The van der Waals surface area contributed by atoms with E-state index in [1.54, 1.807) is 26.0 Å². The van der Waals surface area contributed by atoms with Gasteiger partial charge >= 0.3 is 11.9 Å². The van der Waals surface area contributed by atoms with Gasteiger partial charge in [-0.15, -0.1) is 0 Å². The summed E-state index contributed by atoms with van der Waals surface area (Å²) in [6, 6.07) is 3.15. The van der Waals surface area contributed by atoms with Crippen molar-refractivity contribution in [2.45, 2.75) is 26.9 Å². The molecule has 126 valence electrons. The highest BCUT2D eigenvalue weighted by atomic mass is 16.5. The molecule has 2 heterocycles. The van der Waals surface area contributed by atoms with Crippen molar-refractivity contribution in [1.82, 2.24) is 9.97 Å². The molecule has 7 nitrogen and oxygen atoms in total. The fraction of sp³-hybridized carbons (Fsp3) is 0.294. The number of nitrogens with zero attached hydrogens (tertiary/aromatic N) is 1. The Morgan fingerprint density at radius 1 is 1.21 bits per heavy atom. The van der Waals surface area contributed by atoms with E-state index >= 15 is 0 Å². The Balaban J connectivity index is 2.20. The van der Waals surface area contributed by atoms with Crippen LogP contribution >= 0.6 is 0 Å². The average molecular weight is 330 g/mol. The summed E-state index contributed by atoms with van der Waals surface area (Å²) in [6.07, 6.45) is 1.88. The van der Waals surface area contributed by atoms with Crippen LogP contribution < -0.4 is 0 Å². The maximum atomic E-state index is 12.5. The van der Waals surface area contributed by atoms with E-state index in [9.17, 15) is 14.4 Å². The molecule has 1 unspecified atom stereocenters. The summed E-state index contributed by atoms with van der Waals surface area (Å²) in [7, 11) is 1.27. The van der Waals surface area contributed by atoms with Crippen LogP contribution in [0.5, 0.6) is 0 Å². The molecule has 0 saturated heterocycles. The molecule has 1 atom stereocenters. The van der Waals surface area contributed by atoms with Gasteiger partial charge in [0.2, 0.25) is 5.78 Å². The van der Waals surface area contributed by atoms with Gasteiger partial charge in [-0.2, -0.15) is 0 Å². The summed E-state index contributed by atoms with van der Waals surface area (Å²) in [5, 5.41) is 0. The van der Waals surface area contributed by atoms with Crippen LogP contribution in [0, 0.1) is 13.8 Å². The van der Waals surface area contributed by atoms with Crippen LogP contribution in [0.25, 0.3) is 0 Å². The Kier molecular flexibility index (Phi) is 5.13. The number of rotatable bonds is 5. The summed E-state index contributed by atoms with van der Waals surface area (Å²) in [5.41, 5.74) is 1.78. The highest BCUT2D eigenvalue weighted by Gasteiger charge is 2.27. The van der Waals surface area contributed by atoms with Crippen LogP contribution in [-0.2, 0) is 9.47 Å². The van der Waals surface area contributed by atoms with E-state index in [0.29, 0.717) is 16.8 Å². The standard InChI is InChI=1S/C17H18N2O5/c1-9-13(17(22)23-4)10(2)19-14(9)15(20)11(3)24-16(21)12-6-5-7-18-8-12/h5-8,11,19H,1-4H3. The molecule has 0 amide bonds. The predicted octanol–water partition coefficient (Wildman–Crippen LogP) is 2.24. The minimum absolute atomic E-state index is 0.222. The lowest BCUT2D eigenvalue weighted by molar-refractivity contribution is 0.0316. The van der Waals surface area contributed by atoms with Gasteiger partial charge in [0, 0.05) is 18.1 Å². The number of carbonyl (C=O) groups is 3. The number of aryl methyl sites for hydroxylation is 1. The second-order valence-corrected chi connectivity index (χ2v) is 5.27. The Bertz CT molecular complexity index is 780. The largest absolute Gasteiger partial charge is 0.465 e. The number of carbonyl (C=O) groups excluding carboxylic acids is 3. The van der Waals surface area contributed by atoms with Crippen molar-refractivity contribution in [3.8, 4) is 0 Å². The number of hydrogen-bond donors (Lipinski definition) is 1. The van der Waals surface area contributed by atoms with Crippen LogP contribution in [0.3, 0.4) is 0 Å². The summed E-state index contributed by atoms with van der Waals surface area (Å²) >= 11 is 0.